The Morgan fingerprint density at radius 2 is 1.32 bits per heavy atom. The number of phenols is 2. The molecule has 23 heteroatoms. The SMILES string of the molecule is O=C1/C=C/C(=O)N2CCC[C@](Cc3ccccc3)(C2)C(=O)N[C@@H](Cc2ccc(Br)cc2)C(=O)NCc2ccccc2CC(=O)N[C@H](C(=O)NCCCOCCOCCOCCCNC(=O)c2ccc3c(c2)C(=O)OC32c3ccc(O)cc3Oc3cc(O)ccc32)CCN1. The molecule has 4 aliphatic heterocycles. The van der Waals surface area contributed by atoms with Crippen molar-refractivity contribution in [3.8, 4) is 23.0 Å². The smallest absolute Gasteiger partial charge is 0.340 e. The summed E-state index contributed by atoms with van der Waals surface area (Å²) in [5.41, 5.74) is 2.29. The van der Waals surface area contributed by atoms with Crippen LogP contribution in [0.3, 0.4) is 0 Å². The van der Waals surface area contributed by atoms with Gasteiger partial charge in [0, 0.05) is 110 Å². The van der Waals surface area contributed by atoms with E-state index < -0.39 is 64.5 Å². The van der Waals surface area contributed by atoms with E-state index in [0.29, 0.717) is 106 Å². The second-order valence-electron chi connectivity index (χ2n) is 23.2. The van der Waals surface area contributed by atoms with Gasteiger partial charge in [-0.2, -0.15) is 0 Å². The molecule has 0 saturated carbocycles. The van der Waals surface area contributed by atoms with Gasteiger partial charge in [-0.1, -0.05) is 88.7 Å². The fourth-order valence-electron chi connectivity index (χ4n) is 12.0. The molecule has 10 rings (SSSR count). The van der Waals surface area contributed by atoms with Crippen LogP contribution in [0.1, 0.15) is 91.8 Å². The number of carbonyl (C=O) groups excluding carboxylic acids is 8. The Kier molecular flexibility index (Phi) is 22.4. The van der Waals surface area contributed by atoms with E-state index in [0.717, 1.165) is 27.8 Å². The van der Waals surface area contributed by atoms with Gasteiger partial charge in [-0.3, -0.25) is 33.6 Å². The lowest BCUT2D eigenvalue weighted by molar-refractivity contribution is -0.141. The number of nitrogens with one attached hydrogen (secondary N) is 6. The summed E-state index contributed by atoms with van der Waals surface area (Å²) >= 11 is 3.48. The Morgan fingerprint density at radius 3 is 2.02 bits per heavy atom. The van der Waals surface area contributed by atoms with E-state index in [1.807, 2.05) is 54.6 Å². The molecule has 0 aliphatic carbocycles. The Morgan fingerprint density at radius 1 is 0.677 bits per heavy atom. The highest BCUT2D eigenvalue weighted by molar-refractivity contribution is 9.10. The molecular weight excluding hydrogens is 1260 g/mol. The number of piperidine rings is 1. The van der Waals surface area contributed by atoms with E-state index in [2.05, 4.69) is 47.8 Å². The molecule has 93 heavy (non-hydrogen) atoms. The summed E-state index contributed by atoms with van der Waals surface area (Å²) in [4.78, 5) is 112. The van der Waals surface area contributed by atoms with Crippen molar-refractivity contribution < 1.29 is 72.3 Å². The standard InChI is InChI=1S/C70H74BrN7O15/c71-50-16-13-45(14-17-50)37-58-66(86)75-43-49-12-5-4-11-47(49)39-62(82)76-57(25-29-72-61(81)23-24-63(83)78-30-6-26-69(44-78,68(88)77-58)42-46-9-2-1-3-10-46)65(85)74-28-8-32-90-34-36-91-35-33-89-31-7-27-73-64(84)48-15-20-54-53(38-48)67(87)93-70(54)55-21-18-51(79)40-59(55)92-60-41-52(80)19-22-56(60)70/h1-5,9-24,38,40-41,57-58,79-80H,6-8,25-37,39,42-44H2,(H,72,81)(H,73,84)(H,74,85)(H,75,86)(H,76,82)(H,77,88)/b24-23+/t57-,58-,69-/m0/s1. The Balaban J connectivity index is 0.662. The van der Waals surface area contributed by atoms with Crippen LogP contribution < -0.4 is 36.6 Å². The van der Waals surface area contributed by atoms with Crippen LogP contribution in [0.15, 0.2) is 150 Å². The first-order valence-corrected chi connectivity index (χ1v) is 31.9. The van der Waals surface area contributed by atoms with Crippen molar-refractivity contribution in [3.63, 3.8) is 0 Å². The molecule has 4 aliphatic rings. The van der Waals surface area contributed by atoms with E-state index in [-0.39, 0.29) is 92.1 Å². The maximum absolute atomic E-state index is 14.8. The summed E-state index contributed by atoms with van der Waals surface area (Å²) in [5, 5.41) is 37.8. The molecule has 22 nitrogen and oxygen atoms in total. The monoisotopic (exact) mass is 1330 g/mol. The van der Waals surface area contributed by atoms with Crippen molar-refractivity contribution >= 4 is 63.2 Å². The third-order valence-electron chi connectivity index (χ3n) is 16.7. The molecule has 0 aromatic heterocycles. The van der Waals surface area contributed by atoms with Gasteiger partial charge in [0.25, 0.3) is 5.91 Å². The van der Waals surface area contributed by atoms with Crippen LogP contribution in [0, 0.1) is 5.41 Å². The van der Waals surface area contributed by atoms with Crippen LogP contribution in [-0.2, 0) is 79.1 Å². The third-order valence-corrected chi connectivity index (χ3v) is 17.2. The molecule has 8 N–H and O–H groups in total. The van der Waals surface area contributed by atoms with Crippen molar-refractivity contribution in [2.45, 2.75) is 75.6 Å². The minimum atomic E-state index is -1.44. The van der Waals surface area contributed by atoms with Crippen LogP contribution in [0.25, 0.3) is 0 Å². The first kappa shape index (κ1) is 66.5. The molecule has 486 valence electrons. The van der Waals surface area contributed by atoms with E-state index in [1.165, 1.54) is 30.3 Å². The van der Waals surface area contributed by atoms with Crippen LogP contribution in [0.2, 0.25) is 0 Å². The number of rotatable bonds is 20. The lowest BCUT2D eigenvalue weighted by atomic mass is 9.74. The number of esters is 1. The summed E-state index contributed by atoms with van der Waals surface area (Å²) in [5.74, 6) is -3.48. The van der Waals surface area contributed by atoms with Crippen LogP contribution in [0.5, 0.6) is 23.0 Å². The maximum atomic E-state index is 14.8. The number of hydrogen-bond acceptors (Lipinski definition) is 15. The number of hydrogen-bond donors (Lipinski definition) is 8. The molecule has 6 aromatic rings. The predicted octanol–water partition coefficient (Wildman–Crippen LogP) is 6.10. The number of aromatic hydroxyl groups is 2. The lowest BCUT2D eigenvalue weighted by Gasteiger charge is -2.42. The fraction of sp³-hybridized carbons (Fsp3) is 0.343. The number of fused-ring (bicyclic) bond motifs is 9. The molecule has 0 unspecified atom stereocenters. The predicted molar refractivity (Wildman–Crippen MR) is 344 cm³/mol. The first-order valence-electron chi connectivity index (χ1n) is 31.1. The summed E-state index contributed by atoms with van der Waals surface area (Å²) < 4.78 is 30.0. The van der Waals surface area contributed by atoms with Gasteiger partial charge in [-0.25, -0.2) is 4.79 Å². The largest absolute Gasteiger partial charge is 0.508 e. The van der Waals surface area contributed by atoms with Crippen molar-refractivity contribution in [1.29, 1.82) is 0 Å². The Labute approximate surface area is 546 Å². The summed E-state index contributed by atoms with van der Waals surface area (Å²) in [7, 11) is 0. The average Bonchev–Trinajstić information content (AvgIpc) is 1.61. The second kappa shape index (κ2) is 31.3. The van der Waals surface area contributed by atoms with Gasteiger partial charge in [0.2, 0.25) is 35.4 Å². The molecule has 0 radical (unpaired) electrons. The van der Waals surface area contributed by atoms with Crippen LogP contribution >= 0.6 is 15.9 Å². The first-order chi connectivity index (χ1) is 45.1. The van der Waals surface area contributed by atoms with Crippen molar-refractivity contribution in [2.75, 3.05) is 72.4 Å². The third kappa shape index (κ3) is 16.8. The molecule has 3 atom stereocenters. The highest BCUT2D eigenvalue weighted by Gasteiger charge is 2.54. The number of amides is 7. The number of halogens is 1. The van der Waals surface area contributed by atoms with E-state index in [4.69, 9.17) is 23.7 Å². The Hall–Kier alpha value is -9.42. The van der Waals surface area contributed by atoms with E-state index in [1.54, 1.807) is 53.4 Å². The summed E-state index contributed by atoms with van der Waals surface area (Å²) in [6, 6.07) is 35.8. The van der Waals surface area contributed by atoms with E-state index in [9.17, 15) is 48.6 Å². The molecule has 7 amide bonds. The van der Waals surface area contributed by atoms with Gasteiger partial charge in [-0.05, 0) is 109 Å². The molecule has 1 spiro atoms. The van der Waals surface area contributed by atoms with Gasteiger partial charge in [0.05, 0.1) is 43.8 Å². The summed E-state index contributed by atoms with van der Waals surface area (Å²) in [6.45, 7) is 2.75. The van der Waals surface area contributed by atoms with Gasteiger partial charge in [-0.15, -0.1) is 0 Å². The van der Waals surface area contributed by atoms with Crippen molar-refractivity contribution in [2.24, 2.45) is 5.41 Å². The van der Waals surface area contributed by atoms with Gasteiger partial charge < -0.3 is 70.7 Å². The van der Waals surface area contributed by atoms with Crippen LogP contribution in [-0.4, -0.2) is 147 Å². The van der Waals surface area contributed by atoms with Crippen LogP contribution in [0.4, 0.5) is 0 Å². The lowest BCUT2D eigenvalue weighted by Crippen LogP contribution is -2.58. The number of carbonyl (C=O) groups is 8. The zero-order chi connectivity index (χ0) is 65.3. The zero-order valence-electron chi connectivity index (χ0n) is 51.2. The highest BCUT2D eigenvalue weighted by Crippen LogP contribution is 2.57. The number of benzene rings is 6. The molecule has 4 heterocycles. The van der Waals surface area contributed by atoms with Crippen molar-refractivity contribution in [1.82, 2.24) is 36.8 Å². The summed E-state index contributed by atoms with van der Waals surface area (Å²) in [6.07, 6.45) is 4.52. The molecule has 1 saturated heterocycles. The minimum absolute atomic E-state index is 0.0191. The minimum Gasteiger partial charge on any atom is -0.508 e. The molecule has 2 bridgehead atoms. The fourth-order valence-corrected chi connectivity index (χ4v) is 12.3. The van der Waals surface area contributed by atoms with Gasteiger partial charge in [0.15, 0.2) is 5.60 Å². The van der Waals surface area contributed by atoms with Gasteiger partial charge in [0.1, 0.15) is 35.1 Å². The van der Waals surface area contributed by atoms with E-state index >= 15 is 0 Å². The second-order valence-corrected chi connectivity index (χ2v) is 24.2. The quantitative estimate of drug-likeness (QED) is 0.0316. The molecular formula is C70H74BrN7O15. The number of phenolic OH excluding ortho intramolecular Hbond substituents is 2. The zero-order valence-corrected chi connectivity index (χ0v) is 52.8. The topological polar surface area (TPSA) is 299 Å². The number of nitrogens with zero attached hydrogens (tertiary/aromatic N) is 1. The molecule has 6 aromatic carbocycles. The maximum Gasteiger partial charge on any atom is 0.340 e. The Bertz CT molecular complexity index is 3700. The normalized spacial score (nSPS) is 19.3. The number of ether oxygens (including phenoxy) is 5. The average molecular weight is 1330 g/mol. The van der Waals surface area contributed by atoms with Crippen molar-refractivity contribution in [3.05, 3.63) is 200 Å². The highest BCUT2D eigenvalue weighted by atomic mass is 79.9. The molecule has 1 fully saturated rings. The van der Waals surface area contributed by atoms with Gasteiger partial charge >= 0.3 is 5.97 Å².